The van der Waals surface area contributed by atoms with E-state index in [0.29, 0.717) is 5.56 Å². The Hall–Kier alpha value is -3.00. The Labute approximate surface area is 154 Å². The molecule has 0 aliphatic carbocycles. The molecule has 1 heterocycles. The zero-order valence-electron chi connectivity index (χ0n) is 13.9. The zero-order valence-corrected chi connectivity index (χ0v) is 14.7. The highest BCUT2D eigenvalue weighted by atomic mass is 32.1. The third kappa shape index (κ3) is 6.86. The first-order valence-corrected chi connectivity index (χ1v) is 8.81. The number of amides is 3. The Balaban J connectivity index is 1.60. The quantitative estimate of drug-likeness (QED) is 0.678. The second-order valence-corrected chi connectivity index (χ2v) is 6.09. The molecule has 1 aromatic heterocycles. The number of ether oxygens (including phenoxy) is 1. The maximum Gasteiger partial charge on any atom is 0.308 e. The molecule has 0 bridgehead atoms. The molecular formula is C18H18N2O5S. The fraction of sp³-hybridized carbons (Fsp3) is 0.222. The molecule has 0 aliphatic heterocycles. The molecular weight excluding hydrogens is 356 g/mol. The van der Waals surface area contributed by atoms with Gasteiger partial charge in [-0.3, -0.25) is 24.5 Å². The van der Waals surface area contributed by atoms with Crippen LogP contribution in [-0.4, -0.2) is 36.8 Å². The van der Waals surface area contributed by atoms with Crippen LogP contribution in [0, 0.1) is 0 Å². The lowest BCUT2D eigenvalue weighted by Crippen LogP contribution is -2.35. The normalized spacial score (nSPS) is 10.0. The summed E-state index contributed by atoms with van der Waals surface area (Å²) >= 11 is 1.40. The summed E-state index contributed by atoms with van der Waals surface area (Å²) in [4.78, 5) is 46.5. The van der Waals surface area contributed by atoms with E-state index in [2.05, 4.69) is 10.6 Å². The average molecular weight is 374 g/mol. The summed E-state index contributed by atoms with van der Waals surface area (Å²) in [5, 5.41) is 8.21. The highest BCUT2D eigenvalue weighted by molar-refractivity contribution is 7.08. The summed E-state index contributed by atoms with van der Waals surface area (Å²) in [6, 6.07) is 10.6. The Bertz CT molecular complexity index is 759. The molecule has 2 rings (SSSR count). The summed E-state index contributed by atoms with van der Waals surface area (Å²) in [6.07, 6.45) is -0.00371. The van der Waals surface area contributed by atoms with Crippen molar-refractivity contribution in [3.8, 4) is 0 Å². The molecule has 0 saturated carbocycles. The van der Waals surface area contributed by atoms with Gasteiger partial charge in [0.2, 0.25) is 5.91 Å². The van der Waals surface area contributed by atoms with Crippen LogP contribution >= 0.6 is 11.3 Å². The van der Waals surface area contributed by atoms with Crippen molar-refractivity contribution in [2.24, 2.45) is 0 Å². The van der Waals surface area contributed by atoms with Gasteiger partial charge in [-0.1, -0.05) is 30.3 Å². The molecule has 0 fully saturated rings. The van der Waals surface area contributed by atoms with Crippen LogP contribution in [0.1, 0.15) is 22.3 Å². The van der Waals surface area contributed by atoms with E-state index in [0.717, 1.165) is 5.56 Å². The van der Waals surface area contributed by atoms with Crippen LogP contribution in [0.25, 0.3) is 0 Å². The van der Waals surface area contributed by atoms with E-state index >= 15 is 0 Å². The first-order chi connectivity index (χ1) is 12.5. The standard InChI is InChI=1S/C18H18N2O5S/c21-15(10-13-4-2-1-3-5-13)20-16(22)11-25-17(23)6-8-19-18(24)14-7-9-26-12-14/h1-5,7,9,12H,6,8,10-11H2,(H,19,24)(H,20,21,22). The van der Waals surface area contributed by atoms with Crippen molar-refractivity contribution in [1.29, 1.82) is 0 Å². The van der Waals surface area contributed by atoms with Crippen molar-refractivity contribution in [3.63, 3.8) is 0 Å². The molecule has 2 N–H and O–H groups in total. The van der Waals surface area contributed by atoms with Crippen LogP contribution in [0.5, 0.6) is 0 Å². The lowest BCUT2D eigenvalue weighted by Gasteiger charge is -2.07. The first-order valence-electron chi connectivity index (χ1n) is 7.87. The van der Waals surface area contributed by atoms with Crippen molar-refractivity contribution >= 4 is 35.0 Å². The van der Waals surface area contributed by atoms with Gasteiger partial charge < -0.3 is 10.1 Å². The van der Waals surface area contributed by atoms with Gasteiger partial charge in [-0.05, 0) is 17.0 Å². The number of benzene rings is 1. The SMILES string of the molecule is O=C(COC(=O)CCNC(=O)c1ccsc1)NC(=O)Cc1ccccc1. The van der Waals surface area contributed by atoms with E-state index in [1.807, 2.05) is 6.07 Å². The summed E-state index contributed by atoms with van der Waals surface area (Å²) < 4.78 is 4.77. The van der Waals surface area contributed by atoms with E-state index in [-0.39, 0.29) is 25.3 Å². The molecule has 7 nitrogen and oxygen atoms in total. The minimum absolute atomic E-state index is 0.0646. The van der Waals surface area contributed by atoms with Crippen molar-refractivity contribution in [2.75, 3.05) is 13.2 Å². The number of carbonyl (C=O) groups is 4. The van der Waals surface area contributed by atoms with E-state index in [1.54, 1.807) is 41.1 Å². The zero-order chi connectivity index (χ0) is 18.8. The molecule has 2 aromatic rings. The van der Waals surface area contributed by atoms with Crippen LogP contribution in [-0.2, 0) is 25.5 Å². The molecule has 0 unspecified atom stereocenters. The maximum absolute atomic E-state index is 11.7. The van der Waals surface area contributed by atoms with Crippen LogP contribution in [0.4, 0.5) is 0 Å². The van der Waals surface area contributed by atoms with Crippen molar-refractivity contribution < 1.29 is 23.9 Å². The monoisotopic (exact) mass is 374 g/mol. The second-order valence-electron chi connectivity index (χ2n) is 5.31. The number of esters is 1. The fourth-order valence-electron chi connectivity index (χ4n) is 2.01. The second kappa shape index (κ2) is 10.1. The maximum atomic E-state index is 11.7. The van der Waals surface area contributed by atoms with Crippen molar-refractivity contribution in [2.45, 2.75) is 12.8 Å². The third-order valence-corrected chi connectivity index (χ3v) is 3.93. The summed E-state index contributed by atoms with van der Waals surface area (Å²) in [5.41, 5.74) is 1.30. The van der Waals surface area contributed by atoms with Gasteiger partial charge in [0.15, 0.2) is 6.61 Å². The molecule has 0 aliphatic rings. The van der Waals surface area contributed by atoms with E-state index in [1.165, 1.54) is 11.3 Å². The van der Waals surface area contributed by atoms with Crippen molar-refractivity contribution in [1.82, 2.24) is 10.6 Å². The Morgan fingerprint density at radius 2 is 1.77 bits per heavy atom. The molecule has 0 saturated heterocycles. The van der Waals surface area contributed by atoms with Gasteiger partial charge in [-0.2, -0.15) is 11.3 Å². The predicted molar refractivity (Wildman–Crippen MR) is 95.5 cm³/mol. The topological polar surface area (TPSA) is 102 Å². The van der Waals surface area contributed by atoms with E-state index in [4.69, 9.17) is 4.74 Å². The largest absolute Gasteiger partial charge is 0.456 e. The number of thiophene rings is 1. The molecule has 136 valence electrons. The van der Waals surface area contributed by atoms with Crippen molar-refractivity contribution in [3.05, 3.63) is 58.3 Å². The minimum atomic E-state index is -0.693. The van der Waals surface area contributed by atoms with Gasteiger partial charge >= 0.3 is 5.97 Å². The van der Waals surface area contributed by atoms with Gasteiger partial charge in [-0.25, -0.2) is 0 Å². The molecule has 26 heavy (non-hydrogen) atoms. The molecule has 0 atom stereocenters. The van der Waals surface area contributed by atoms with Gasteiger partial charge in [0, 0.05) is 17.5 Å². The van der Waals surface area contributed by atoms with Crippen LogP contribution in [0.2, 0.25) is 0 Å². The van der Waals surface area contributed by atoms with Gasteiger partial charge in [0.25, 0.3) is 11.8 Å². The fourth-order valence-corrected chi connectivity index (χ4v) is 2.65. The van der Waals surface area contributed by atoms with Crippen LogP contribution in [0.3, 0.4) is 0 Å². The highest BCUT2D eigenvalue weighted by Crippen LogP contribution is 2.05. The first kappa shape index (κ1) is 19.3. The smallest absolute Gasteiger partial charge is 0.308 e. The lowest BCUT2D eigenvalue weighted by atomic mass is 10.1. The minimum Gasteiger partial charge on any atom is -0.456 e. The number of imide groups is 1. The molecule has 8 heteroatoms. The van der Waals surface area contributed by atoms with Gasteiger partial charge in [-0.15, -0.1) is 0 Å². The predicted octanol–water partition coefficient (Wildman–Crippen LogP) is 1.30. The molecule has 0 radical (unpaired) electrons. The van der Waals surface area contributed by atoms with Crippen LogP contribution < -0.4 is 10.6 Å². The van der Waals surface area contributed by atoms with Gasteiger partial charge in [0.1, 0.15) is 0 Å². The summed E-state index contributed by atoms with van der Waals surface area (Å²) in [6.45, 7) is -0.445. The lowest BCUT2D eigenvalue weighted by molar-refractivity contribution is -0.149. The summed E-state index contributed by atoms with van der Waals surface area (Å²) in [5.74, 6) is -2.08. The number of nitrogens with one attached hydrogen (secondary N) is 2. The Morgan fingerprint density at radius 1 is 1.00 bits per heavy atom. The number of rotatable bonds is 8. The number of carbonyl (C=O) groups excluding carboxylic acids is 4. The molecule has 0 spiro atoms. The molecule has 1 aromatic carbocycles. The van der Waals surface area contributed by atoms with Crippen LogP contribution in [0.15, 0.2) is 47.2 Å². The average Bonchev–Trinajstić information content (AvgIpc) is 3.15. The number of hydrogen-bond acceptors (Lipinski definition) is 6. The van der Waals surface area contributed by atoms with Gasteiger partial charge in [0.05, 0.1) is 12.8 Å². The van der Waals surface area contributed by atoms with E-state index in [9.17, 15) is 19.2 Å². The molecule has 3 amide bonds. The Morgan fingerprint density at radius 3 is 2.46 bits per heavy atom. The number of hydrogen-bond donors (Lipinski definition) is 2. The third-order valence-electron chi connectivity index (χ3n) is 3.25. The Kier molecular flexibility index (Phi) is 7.50. The highest BCUT2D eigenvalue weighted by Gasteiger charge is 2.12. The van der Waals surface area contributed by atoms with E-state index < -0.39 is 24.4 Å². The summed E-state index contributed by atoms with van der Waals surface area (Å²) in [7, 11) is 0.